The lowest BCUT2D eigenvalue weighted by atomic mass is 10.2. The summed E-state index contributed by atoms with van der Waals surface area (Å²) in [5.74, 6) is 0.882. The molecule has 4 nitrogen and oxygen atoms in total. The minimum Gasteiger partial charge on any atom is -0.329 e. The van der Waals surface area contributed by atoms with Crippen LogP contribution in [-0.4, -0.2) is 19.3 Å². The Labute approximate surface area is 134 Å². The van der Waals surface area contributed by atoms with Gasteiger partial charge in [0, 0.05) is 30.9 Å². The monoisotopic (exact) mass is 310 g/mol. The van der Waals surface area contributed by atoms with E-state index in [0.717, 1.165) is 29.4 Å². The summed E-state index contributed by atoms with van der Waals surface area (Å²) < 4.78 is 4.19. The van der Waals surface area contributed by atoms with Crippen molar-refractivity contribution in [2.75, 3.05) is 0 Å². The topological polar surface area (TPSA) is 35.6 Å². The molecule has 1 aromatic carbocycles. The Kier molecular flexibility index (Phi) is 3.50. The summed E-state index contributed by atoms with van der Waals surface area (Å²) in [5.41, 5.74) is 5.21. The SMILES string of the molecule is Cn1ccnc1SCc1nn(-c2ccccc2)c2c1CCC2. The number of aromatic nitrogens is 4. The summed E-state index contributed by atoms with van der Waals surface area (Å²) in [6, 6.07) is 10.4. The Morgan fingerprint density at radius 3 is 2.82 bits per heavy atom. The second-order valence-corrected chi connectivity index (χ2v) is 6.52. The molecule has 4 rings (SSSR count). The quantitative estimate of drug-likeness (QED) is 0.693. The van der Waals surface area contributed by atoms with Gasteiger partial charge in [0.2, 0.25) is 0 Å². The molecule has 0 bridgehead atoms. The standard InChI is InChI=1S/C17H18N4S/c1-20-11-10-18-17(20)22-12-15-14-8-5-9-16(14)21(19-15)13-6-3-2-4-7-13/h2-4,6-7,10-11H,5,8-9,12H2,1H3. The van der Waals surface area contributed by atoms with E-state index in [9.17, 15) is 0 Å². The smallest absolute Gasteiger partial charge is 0.168 e. The third kappa shape index (κ3) is 2.35. The average Bonchev–Trinajstić information content (AvgIpc) is 3.23. The number of rotatable bonds is 4. The maximum Gasteiger partial charge on any atom is 0.168 e. The van der Waals surface area contributed by atoms with E-state index in [4.69, 9.17) is 5.10 Å². The van der Waals surface area contributed by atoms with E-state index in [-0.39, 0.29) is 0 Å². The zero-order chi connectivity index (χ0) is 14.9. The van der Waals surface area contributed by atoms with Crippen LogP contribution in [0.3, 0.4) is 0 Å². The molecule has 0 fully saturated rings. The first-order chi connectivity index (χ1) is 10.8. The average molecular weight is 310 g/mol. The van der Waals surface area contributed by atoms with E-state index >= 15 is 0 Å². The van der Waals surface area contributed by atoms with Gasteiger partial charge in [-0.2, -0.15) is 5.10 Å². The lowest BCUT2D eigenvalue weighted by Gasteiger charge is -2.04. The van der Waals surface area contributed by atoms with Crippen LogP contribution in [0.1, 0.15) is 23.4 Å². The van der Waals surface area contributed by atoms with Gasteiger partial charge in [0.05, 0.1) is 11.4 Å². The highest BCUT2D eigenvalue weighted by Gasteiger charge is 2.23. The Morgan fingerprint density at radius 1 is 1.18 bits per heavy atom. The van der Waals surface area contributed by atoms with Crippen LogP contribution in [0, 0.1) is 0 Å². The molecular weight excluding hydrogens is 292 g/mol. The summed E-state index contributed by atoms with van der Waals surface area (Å²) in [5, 5.41) is 5.93. The van der Waals surface area contributed by atoms with Crippen molar-refractivity contribution in [3.8, 4) is 5.69 Å². The van der Waals surface area contributed by atoms with Crippen molar-refractivity contribution in [2.45, 2.75) is 30.2 Å². The van der Waals surface area contributed by atoms with E-state index < -0.39 is 0 Å². The summed E-state index contributed by atoms with van der Waals surface area (Å²) in [7, 11) is 2.03. The fraction of sp³-hybridized carbons (Fsp3) is 0.294. The molecule has 0 saturated carbocycles. The van der Waals surface area contributed by atoms with Gasteiger partial charge in [0.1, 0.15) is 0 Å². The molecule has 0 spiro atoms. The molecule has 1 aliphatic carbocycles. The highest BCUT2D eigenvalue weighted by atomic mass is 32.2. The van der Waals surface area contributed by atoms with Crippen molar-refractivity contribution >= 4 is 11.8 Å². The van der Waals surface area contributed by atoms with Gasteiger partial charge < -0.3 is 4.57 Å². The zero-order valence-electron chi connectivity index (χ0n) is 12.6. The molecule has 1 aliphatic rings. The van der Waals surface area contributed by atoms with Gasteiger partial charge in [-0.3, -0.25) is 0 Å². The van der Waals surface area contributed by atoms with Crippen molar-refractivity contribution in [1.82, 2.24) is 19.3 Å². The Hall–Kier alpha value is -2.01. The van der Waals surface area contributed by atoms with Crippen LogP contribution in [-0.2, 0) is 25.6 Å². The van der Waals surface area contributed by atoms with Gasteiger partial charge in [-0.25, -0.2) is 9.67 Å². The summed E-state index contributed by atoms with van der Waals surface area (Å²) in [4.78, 5) is 4.38. The fourth-order valence-electron chi connectivity index (χ4n) is 3.04. The van der Waals surface area contributed by atoms with Gasteiger partial charge in [-0.1, -0.05) is 30.0 Å². The highest BCUT2D eigenvalue weighted by Crippen LogP contribution is 2.31. The molecular formula is C17H18N4S. The molecule has 22 heavy (non-hydrogen) atoms. The molecule has 0 amide bonds. The second kappa shape index (κ2) is 5.65. The van der Waals surface area contributed by atoms with Gasteiger partial charge >= 0.3 is 0 Å². The van der Waals surface area contributed by atoms with Crippen molar-refractivity contribution in [2.24, 2.45) is 7.05 Å². The van der Waals surface area contributed by atoms with Crippen LogP contribution >= 0.6 is 11.8 Å². The number of hydrogen-bond acceptors (Lipinski definition) is 3. The van der Waals surface area contributed by atoms with Crippen LogP contribution < -0.4 is 0 Å². The van der Waals surface area contributed by atoms with Crippen LogP contribution in [0.2, 0.25) is 0 Å². The first kappa shape index (κ1) is 13.6. The predicted octanol–water partition coefficient (Wildman–Crippen LogP) is 3.39. The number of para-hydroxylation sites is 1. The van der Waals surface area contributed by atoms with Gasteiger partial charge in [0.25, 0.3) is 0 Å². The maximum absolute atomic E-state index is 4.89. The zero-order valence-corrected chi connectivity index (χ0v) is 13.4. The van der Waals surface area contributed by atoms with E-state index in [0.29, 0.717) is 0 Å². The van der Waals surface area contributed by atoms with Crippen molar-refractivity contribution in [3.05, 3.63) is 59.7 Å². The van der Waals surface area contributed by atoms with Crippen molar-refractivity contribution in [3.63, 3.8) is 0 Å². The van der Waals surface area contributed by atoms with Crippen LogP contribution in [0.5, 0.6) is 0 Å². The Morgan fingerprint density at radius 2 is 2.05 bits per heavy atom. The first-order valence-corrected chi connectivity index (χ1v) is 8.56. The Bertz CT molecular complexity index is 788. The molecule has 112 valence electrons. The molecule has 0 atom stereocenters. The number of fused-ring (bicyclic) bond motifs is 1. The molecule has 0 radical (unpaired) electrons. The number of aryl methyl sites for hydroxylation is 1. The molecule has 0 unspecified atom stereocenters. The second-order valence-electron chi connectivity index (χ2n) is 5.58. The number of imidazole rings is 1. The summed E-state index contributed by atoms with van der Waals surface area (Å²) in [6.45, 7) is 0. The molecule has 0 aliphatic heterocycles. The van der Waals surface area contributed by atoms with Gasteiger partial charge in [0.15, 0.2) is 5.16 Å². The van der Waals surface area contributed by atoms with E-state index in [1.54, 1.807) is 11.8 Å². The van der Waals surface area contributed by atoms with E-state index in [2.05, 4.69) is 38.5 Å². The minimum atomic E-state index is 0.882. The molecule has 5 heteroatoms. The first-order valence-electron chi connectivity index (χ1n) is 7.58. The molecule has 2 heterocycles. The fourth-order valence-corrected chi connectivity index (χ4v) is 3.93. The minimum absolute atomic E-state index is 0.882. The van der Waals surface area contributed by atoms with Crippen LogP contribution in [0.15, 0.2) is 47.9 Å². The summed E-state index contributed by atoms with van der Waals surface area (Å²) >= 11 is 1.76. The van der Waals surface area contributed by atoms with E-state index in [1.165, 1.54) is 23.4 Å². The molecule has 0 N–H and O–H groups in total. The number of benzene rings is 1. The number of thioether (sulfide) groups is 1. The lowest BCUT2D eigenvalue weighted by Crippen LogP contribution is -2.01. The largest absolute Gasteiger partial charge is 0.329 e. The van der Waals surface area contributed by atoms with Crippen LogP contribution in [0.4, 0.5) is 0 Å². The van der Waals surface area contributed by atoms with Crippen LogP contribution in [0.25, 0.3) is 5.69 Å². The Balaban J connectivity index is 1.65. The highest BCUT2D eigenvalue weighted by molar-refractivity contribution is 7.98. The predicted molar refractivity (Wildman–Crippen MR) is 88.4 cm³/mol. The lowest BCUT2D eigenvalue weighted by molar-refractivity contribution is 0.768. The van der Waals surface area contributed by atoms with Crippen molar-refractivity contribution < 1.29 is 0 Å². The maximum atomic E-state index is 4.89. The molecule has 3 aromatic rings. The van der Waals surface area contributed by atoms with Gasteiger partial charge in [-0.05, 0) is 37.0 Å². The molecule has 0 saturated heterocycles. The van der Waals surface area contributed by atoms with Gasteiger partial charge in [-0.15, -0.1) is 0 Å². The summed E-state index contributed by atoms with van der Waals surface area (Å²) in [6.07, 6.45) is 7.34. The number of hydrogen-bond donors (Lipinski definition) is 0. The van der Waals surface area contributed by atoms with Crippen molar-refractivity contribution in [1.29, 1.82) is 0 Å². The third-order valence-corrected chi connectivity index (χ3v) is 5.20. The number of nitrogens with zero attached hydrogens (tertiary/aromatic N) is 4. The third-order valence-electron chi connectivity index (χ3n) is 4.13. The van der Waals surface area contributed by atoms with E-state index in [1.807, 2.05) is 25.5 Å². The molecule has 2 aromatic heterocycles. The normalized spacial score (nSPS) is 13.5.